The summed E-state index contributed by atoms with van der Waals surface area (Å²) in [5.41, 5.74) is 0. The fourth-order valence-electron chi connectivity index (χ4n) is 3.59. The van der Waals surface area contributed by atoms with E-state index in [1.165, 1.54) is 0 Å². The Morgan fingerprint density at radius 1 is 1.30 bits per heavy atom. The minimum atomic E-state index is -3.44. The third kappa shape index (κ3) is 3.63. The van der Waals surface area contributed by atoms with Gasteiger partial charge in [0.1, 0.15) is 5.76 Å². The quantitative estimate of drug-likeness (QED) is 0.796. The average Bonchev–Trinajstić information content (AvgIpc) is 3.23. The van der Waals surface area contributed by atoms with Gasteiger partial charge < -0.3 is 9.15 Å². The van der Waals surface area contributed by atoms with Gasteiger partial charge in [-0.25, -0.2) is 0 Å². The Bertz CT molecular complexity index is 587. The van der Waals surface area contributed by atoms with Gasteiger partial charge in [0.2, 0.25) is 0 Å². The van der Waals surface area contributed by atoms with Crippen LogP contribution < -0.4 is 0 Å². The molecule has 2 aliphatic rings. The Hall–Kier alpha value is -0.890. The number of rotatable bonds is 6. The van der Waals surface area contributed by atoms with Crippen molar-refractivity contribution in [2.75, 3.05) is 32.8 Å². The molecule has 3 heterocycles. The monoisotopic (exact) mass is 342 g/mol. The average molecular weight is 342 g/mol. The molecule has 0 N–H and O–H groups in total. The summed E-state index contributed by atoms with van der Waals surface area (Å²) in [5.74, 6) is 1.04. The third-order valence-electron chi connectivity index (χ3n) is 4.74. The summed E-state index contributed by atoms with van der Waals surface area (Å²) < 4.78 is 40.4. The van der Waals surface area contributed by atoms with Gasteiger partial charge in [-0.15, -0.1) is 0 Å². The first-order chi connectivity index (χ1) is 11.1. The fraction of sp³-hybridized carbons (Fsp3) is 0.750. The van der Waals surface area contributed by atoms with Crippen LogP contribution in [0.15, 0.2) is 22.8 Å². The fourth-order valence-corrected chi connectivity index (χ4v) is 5.53. The molecule has 0 unspecified atom stereocenters. The third-order valence-corrected chi connectivity index (χ3v) is 6.75. The number of piperidine rings is 1. The number of furan rings is 1. The van der Waals surface area contributed by atoms with Crippen LogP contribution in [-0.2, 0) is 14.9 Å². The second kappa shape index (κ2) is 7.34. The molecule has 0 amide bonds. The van der Waals surface area contributed by atoms with Crippen molar-refractivity contribution in [2.24, 2.45) is 5.92 Å². The number of ether oxygens (including phenoxy) is 1. The maximum atomic E-state index is 13.1. The molecule has 2 aliphatic heterocycles. The Morgan fingerprint density at radius 2 is 2.13 bits per heavy atom. The van der Waals surface area contributed by atoms with Gasteiger partial charge in [0, 0.05) is 26.2 Å². The number of hydrogen-bond donors (Lipinski definition) is 0. The molecular formula is C16H26N2O4S. The van der Waals surface area contributed by atoms with Crippen LogP contribution in [0.2, 0.25) is 0 Å². The van der Waals surface area contributed by atoms with E-state index >= 15 is 0 Å². The highest BCUT2D eigenvalue weighted by Gasteiger charge is 2.41. The van der Waals surface area contributed by atoms with Crippen LogP contribution in [0.4, 0.5) is 0 Å². The van der Waals surface area contributed by atoms with Gasteiger partial charge in [0.05, 0.1) is 18.9 Å². The lowest BCUT2D eigenvalue weighted by molar-refractivity contribution is 0.0848. The zero-order valence-corrected chi connectivity index (χ0v) is 14.5. The summed E-state index contributed by atoms with van der Waals surface area (Å²) in [7, 11) is -3.44. The largest absolute Gasteiger partial charge is 0.468 e. The Morgan fingerprint density at radius 3 is 2.87 bits per heavy atom. The van der Waals surface area contributed by atoms with Crippen molar-refractivity contribution in [1.29, 1.82) is 0 Å². The van der Waals surface area contributed by atoms with Gasteiger partial charge in [0.25, 0.3) is 10.2 Å². The molecule has 7 heteroatoms. The van der Waals surface area contributed by atoms with Gasteiger partial charge >= 0.3 is 0 Å². The van der Waals surface area contributed by atoms with Gasteiger partial charge in [0.15, 0.2) is 0 Å². The summed E-state index contributed by atoms with van der Waals surface area (Å²) in [6.07, 6.45) is 5.24. The van der Waals surface area contributed by atoms with E-state index in [-0.39, 0.29) is 6.04 Å². The first kappa shape index (κ1) is 17.0. The SMILES string of the molecule is CCOC[C@H]1CCCN(S(=O)(=O)N2CCC[C@H]2c2ccco2)C1. The van der Waals surface area contributed by atoms with Crippen molar-refractivity contribution in [3.8, 4) is 0 Å². The van der Waals surface area contributed by atoms with Gasteiger partial charge in [-0.2, -0.15) is 17.0 Å². The molecule has 1 aromatic rings. The van der Waals surface area contributed by atoms with Crippen molar-refractivity contribution >= 4 is 10.2 Å². The normalized spacial score (nSPS) is 27.5. The van der Waals surface area contributed by atoms with E-state index in [0.717, 1.165) is 31.4 Å². The molecule has 0 saturated carbocycles. The highest BCUT2D eigenvalue weighted by Crippen LogP contribution is 2.36. The molecule has 0 bridgehead atoms. The van der Waals surface area contributed by atoms with Gasteiger partial charge in [-0.3, -0.25) is 0 Å². The zero-order valence-electron chi connectivity index (χ0n) is 13.7. The molecule has 2 fully saturated rings. The standard InChI is InChI=1S/C16H26N2O4S/c1-2-21-13-14-6-3-9-17(12-14)23(19,20)18-10-4-7-15(18)16-8-5-11-22-16/h5,8,11,14-15H,2-4,6-7,9-10,12-13H2,1H3/t14-,15-/m0/s1. The minimum Gasteiger partial charge on any atom is -0.468 e. The lowest BCUT2D eigenvalue weighted by Crippen LogP contribution is -2.48. The molecule has 6 nitrogen and oxygen atoms in total. The first-order valence-electron chi connectivity index (χ1n) is 8.51. The van der Waals surface area contributed by atoms with Crippen LogP contribution in [0, 0.1) is 5.92 Å². The van der Waals surface area contributed by atoms with Crippen molar-refractivity contribution < 1.29 is 17.6 Å². The van der Waals surface area contributed by atoms with Gasteiger partial charge in [-0.05, 0) is 50.7 Å². The van der Waals surface area contributed by atoms with Crippen LogP contribution in [0.3, 0.4) is 0 Å². The molecule has 0 spiro atoms. The summed E-state index contributed by atoms with van der Waals surface area (Å²) >= 11 is 0. The van der Waals surface area contributed by atoms with Gasteiger partial charge in [-0.1, -0.05) is 0 Å². The first-order valence-corrected chi connectivity index (χ1v) is 9.90. The zero-order chi connectivity index (χ0) is 16.3. The van der Waals surface area contributed by atoms with E-state index in [1.54, 1.807) is 14.9 Å². The van der Waals surface area contributed by atoms with E-state index in [9.17, 15) is 8.42 Å². The van der Waals surface area contributed by atoms with Crippen LogP contribution in [0.1, 0.15) is 44.4 Å². The van der Waals surface area contributed by atoms with E-state index in [2.05, 4.69) is 0 Å². The Kier molecular flexibility index (Phi) is 5.41. The second-order valence-electron chi connectivity index (χ2n) is 6.32. The van der Waals surface area contributed by atoms with Crippen molar-refractivity contribution in [3.63, 3.8) is 0 Å². The molecule has 0 aliphatic carbocycles. The predicted molar refractivity (Wildman–Crippen MR) is 87.1 cm³/mol. The topological polar surface area (TPSA) is 63.0 Å². The van der Waals surface area contributed by atoms with E-state index in [1.807, 2.05) is 19.1 Å². The van der Waals surface area contributed by atoms with Crippen molar-refractivity contribution in [3.05, 3.63) is 24.2 Å². The molecular weight excluding hydrogens is 316 g/mol. The van der Waals surface area contributed by atoms with Crippen LogP contribution in [-0.4, -0.2) is 49.9 Å². The summed E-state index contributed by atoms with van der Waals surface area (Å²) in [5, 5.41) is 0. The van der Waals surface area contributed by atoms with E-state index in [4.69, 9.17) is 9.15 Å². The molecule has 2 saturated heterocycles. The summed E-state index contributed by atoms with van der Waals surface area (Å²) in [4.78, 5) is 0. The summed E-state index contributed by atoms with van der Waals surface area (Å²) in [6.45, 7) is 5.02. The van der Waals surface area contributed by atoms with E-state index < -0.39 is 10.2 Å². The number of nitrogens with zero attached hydrogens (tertiary/aromatic N) is 2. The Balaban J connectivity index is 1.72. The molecule has 2 atom stereocenters. The van der Waals surface area contributed by atoms with Crippen LogP contribution >= 0.6 is 0 Å². The Labute approximate surface area is 138 Å². The van der Waals surface area contributed by atoms with E-state index in [0.29, 0.717) is 38.8 Å². The van der Waals surface area contributed by atoms with Crippen molar-refractivity contribution in [2.45, 2.75) is 38.6 Å². The second-order valence-corrected chi connectivity index (χ2v) is 8.20. The maximum absolute atomic E-state index is 13.1. The highest BCUT2D eigenvalue weighted by molar-refractivity contribution is 7.86. The highest BCUT2D eigenvalue weighted by atomic mass is 32.2. The minimum absolute atomic E-state index is 0.165. The molecule has 0 aromatic carbocycles. The predicted octanol–water partition coefficient (Wildman–Crippen LogP) is 2.41. The molecule has 0 radical (unpaired) electrons. The lowest BCUT2D eigenvalue weighted by atomic mass is 10.0. The number of hydrogen-bond acceptors (Lipinski definition) is 4. The molecule has 3 rings (SSSR count). The van der Waals surface area contributed by atoms with Crippen LogP contribution in [0.5, 0.6) is 0 Å². The lowest BCUT2D eigenvalue weighted by Gasteiger charge is -2.35. The molecule has 130 valence electrons. The van der Waals surface area contributed by atoms with Crippen molar-refractivity contribution in [1.82, 2.24) is 8.61 Å². The maximum Gasteiger partial charge on any atom is 0.282 e. The molecule has 23 heavy (non-hydrogen) atoms. The molecule has 1 aromatic heterocycles. The summed E-state index contributed by atoms with van der Waals surface area (Å²) in [6, 6.07) is 3.52. The smallest absolute Gasteiger partial charge is 0.282 e. The van der Waals surface area contributed by atoms with Crippen LogP contribution in [0.25, 0.3) is 0 Å².